The van der Waals surface area contributed by atoms with Crippen molar-refractivity contribution in [1.82, 2.24) is 9.88 Å². The van der Waals surface area contributed by atoms with Gasteiger partial charge in [-0.15, -0.1) is 6.58 Å². The lowest BCUT2D eigenvalue weighted by Gasteiger charge is -2.19. The third-order valence-corrected chi connectivity index (χ3v) is 2.23. The molecule has 1 aromatic heterocycles. The molecule has 2 N–H and O–H groups in total. The Morgan fingerprint density at radius 2 is 2.40 bits per heavy atom. The van der Waals surface area contributed by atoms with Gasteiger partial charge in [0, 0.05) is 19.3 Å². The van der Waals surface area contributed by atoms with Crippen molar-refractivity contribution in [3.05, 3.63) is 36.7 Å². The zero-order valence-corrected chi connectivity index (χ0v) is 9.32. The largest absolute Gasteiger partial charge is 0.397 e. The van der Waals surface area contributed by atoms with E-state index in [4.69, 9.17) is 5.73 Å². The number of hydrogen-bond donors (Lipinski definition) is 1. The third-order valence-electron chi connectivity index (χ3n) is 2.23. The van der Waals surface area contributed by atoms with Crippen molar-refractivity contribution in [3.63, 3.8) is 0 Å². The minimum atomic E-state index is 0.766. The van der Waals surface area contributed by atoms with Crippen LogP contribution >= 0.6 is 0 Å². The van der Waals surface area contributed by atoms with Gasteiger partial charge in [0.2, 0.25) is 0 Å². The molecule has 0 saturated heterocycles. The molecule has 0 bridgehead atoms. The molecular weight excluding hydrogens is 186 g/mol. The smallest absolute Gasteiger partial charge is 0.0772 e. The molecule has 1 rings (SSSR count). The minimum Gasteiger partial charge on any atom is -0.397 e. The lowest BCUT2D eigenvalue weighted by Crippen LogP contribution is -2.25. The van der Waals surface area contributed by atoms with Crippen molar-refractivity contribution in [2.45, 2.75) is 19.9 Å². The van der Waals surface area contributed by atoms with E-state index < -0.39 is 0 Å². The van der Waals surface area contributed by atoms with E-state index >= 15 is 0 Å². The molecular formula is C12H19N3. The van der Waals surface area contributed by atoms with Gasteiger partial charge >= 0.3 is 0 Å². The first-order chi connectivity index (χ1) is 7.27. The first-order valence-corrected chi connectivity index (χ1v) is 5.30. The molecule has 3 heteroatoms. The average Bonchev–Trinajstić information content (AvgIpc) is 2.22. The Balaban J connectivity index is 2.64. The van der Waals surface area contributed by atoms with Gasteiger partial charge in [-0.05, 0) is 25.1 Å². The van der Waals surface area contributed by atoms with Crippen LogP contribution < -0.4 is 5.73 Å². The second-order valence-corrected chi connectivity index (χ2v) is 3.56. The number of aromatic nitrogens is 1. The molecule has 0 atom stereocenters. The normalized spacial score (nSPS) is 10.5. The summed E-state index contributed by atoms with van der Waals surface area (Å²) in [6, 6.07) is 3.75. The molecule has 0 saturated carbocycles. The number of pyridine rings is 1. The van der Waals surface area contributed by atoms with E-state index in [1.54, 1.807) is 6.20 Å². The molecule has 0 aliphatic rings. The van der Waals surface area contributed by atoms with E-state index in [0.717, 1.165) is 37.4 Å². The Hall–Kier alpha value is -1.35. The number of anilines is 1. The molecule has 0 unspecified atom stereocenters. The summed E-state index contributed by atoms with van der Waals surface area (Å²) in [5, 5.41) is 0. The predicted molar refractivity (Wildman–Crippen MR) is 64.4 cm³/mol. The molecule has 0 aliphatic heterocycles. The molecule has 0 aliphatic carbocycles. The molecule has 1 heterocycles. The highest BCUT2D eigenvalue weighted by molar-refractivity contribution is 5.41. The van der Waals surface area contributed by atoms with E-state index in [1.165, 1.54) is 0 Å². The quantitative estimate of drug-likeness (QED) is 0.723. The van der Waals surface area contributed by atoms with Crippen molar-refractivity contribution >= 4 is 5.69 Å². The first-order valence-electron chi connectivity index (χ1n) is 5.30. The lowest BCUT2D eigenvalue weighted by atomic mass is 10.2. The number of hydrogen-bond acceptors (Lipinski definition) is 3. The average molecular weight is 205 g/mol. The van der Waals surface area contributed by atoms with Crippen LogP contribution in [0, 0.1) is 0 Å². The van der Waals surface area contributed by atoms with Crippen LogP contribution in [0.15, 0.2) is 31.0 Å². The number of nitrogen functional groups attached to an aromatic ring is 1. The van der Waals surface area contributed by atoms with Gasteiger partial charge in [0.1, 0.15) is 0 Å². The van der Waals surface area contributed by atoms with Gasteiger partial charge < -0.3 is 5.73 Å². The first kappa shape index (κ1) is 11.7. The topological polar surface area (TPSA) is 42.2 Å². The van der Waals surface area contributed by atoms with E-state index in [9.17, 15) is 0 Å². The van der Waals surface area contributed by atoms with Gasteiger partial charge in [-0.1, -0.05) is 13.0 Å². The highest BCUT2D eigenvalue weighted by atomic mass is 15.1. The zero-order valence-electron chi connectivity index (χ0n) is 9.32. The van der Waals surface area contributed by atoms with Gasteiger partial charge in [0.25, 0.3) is 0 Å². The Morgan fingerprint density at radius 3 is 3.00 bits per heavy atom. The summed E-state index contributed by atoms with van der Waals surface area (Å²) in [6.45, 7) is 8.64. The maximum atomic E-state index is 5.85. The monoisotopic (exact) mass is 205 g/mol. The van der Waals surface area contributed by atoms with Gasteiger partial charge in [-0.2, -0.15) is 0 Å². The highest BCUT2D eigenvalue weighted by Gasteiger charge is 2.06. The Labute approximate surface area is 91.6 Å². The summed E-state index contributed by atoms with van der Waals surface area (Å²) in [5.74, 6) is 0. The van der Waals surface area contributed by atoms with Crippen molar-refractivity contribution in [1.29, 1.82) is 0 Å². The highest BCUT2D eigenvalue weighted by Crippen LogP contribution is 2.10. The minimum absolute atomic E-state index is 0.766. The van der Waals surface area contributed by atoms with E-state index in [1.807, 2.05) is 18.2 Å². The maximum absolute atomic E-state index is 5.85. The van der Waals surface area contributed by atoms with Gasteiger partial charge in [-0.25, -0.2) is 0 Å². The second-order valence-electron chi connectivity index (χ2n) is 3.56. The van der Waals surface area contributed by atoms with Crippen LogP contribution in [0.5, 0.6) is 0 Å². The molecule has 0 amide bonds. The van der Waals surface area contributed by atoms with Crippen LogP contribution in [-0.4, -0.2) is 23.0 Å². The van der Waals surface area contributed by atoms with Crippen molar-refractivity contribution in [3.8, 4) is 0 Å². The summed E-state index contributed by atoms with van der Waals surface area (Å²) < 4.78 is 0. The summed E-state index contributed by atoms with van der Waals surface area (Å²) in [7, 11) is 0. The molecule has 3 nitrogen and oxygen atoms in total. The van der Waals surface area contributed by atoms with Crippen LogP contribution in [0.25, 0.3) is 0 Å². The Morgan fingerprint density at radius 1 is 1.60 bits per heavy atom. The molecule has 0 radical (unpaired) electrons. The van der Waals surface area contributed by atoms with E-state index in [0.29, 0.717) is 0 Å². The molecule has 0 fully saturated rings. The fourth-order valence-corrected chi connectivity index (χ4v) is 1.53. The molecule has 82 valence electrons. The van der Waals surface area contributed by atoms with Crippen LogP contribution in [-0.2, 0) is 6.54 Å². The number of nitrogens with zero attached hydrogens (tertiary/aromatic N) is 2. The fourth-order valence-electron chi connectivity index (χ4n) is 1.53. The fraction of sp³-hybridized carbons (Fsp3) is 0.417. The molecule has 1 aromatic rings. The Kier molecular flexibility index (Phi) is 4.84. The molecule has 15 heavy (non-hydrogen) atoms. The van der Waals surface area contributed by atoms with Crippen molar-refractivity contribution in [2.24, 2.45) is 0 Å². The maximum Gasteiger partial charge on any atom is 0.0772 e. The summed E-state index contributed by atoms with van der Waals surface area (Å²) in [4.78, 5) is 6.57. The van der Waals surface area contributed by atoms with Crippen LogP contribution in [0.1, 0.15) is 19.0 Å². The standard InChI is InChI=1S/C12H19N3/c1-3-8-15(9-4-2)10-12-11(13)6-5-7-14-12/h3,5-7H,1,4,8-10,13H2,2H3. The summed E-state index contributed by atoms with van der Waals surface area (Å²) in [6.07, 6.45) is 4.82. The molecule has 0 aromatic carbocycles. The summed E-state index contributed by atoms with van der Waals surface area (Å²) >= 11 is 0. The van der Waals surface area contributed by atoms with Gasteiger partial charge in [0.15, 0.2) is 0 Å². The van der Waals surface area contributed by atoms with Gasteiger partial charge in [-0.3, -0.25) is 9.88 Å². The lowest BCUT2D eigenvalue weighted by molar-refractivity contribution is 0.292. The van der Waals surface area contributed by atoms with Crippen molar-refractivity contribution < 1.29 is 0 Å². The number of rotatable bonds is 6. The Bertz CT molecular complexity index is 309. The van der Waals surface area contributed by atoms with E-state index in [2.05, 4.69) is 23.4 Å². The van der Waals surface area contributed by atoms with Gasteiger partial charge in [0.05, 0.1) is 11.4 Å². The second kappa shape index (κ2) is 6.19. The van der Waals surface area contributed by atoms with E-state index in [-0.39, 0.29) is 0 Å². The van der Waals surface area contributed by atoms with Crippen molar-refractivity contribution in [2.75, 3.05) is 18.8 Å². The number of nitrogens with two attached hydrogens (primary N) is 1. The predicted octanol–water partition coefficient (Wildman–Crippen LogP) is 2.06. The third kappa shape index (κ3) is 3.72. The van der Waals surface area contributed by atoms with Crippen LogP contribution in [0.3, 0.4) is 0 Å². The summed E-state index contributed by atoms with van der Waals surface area (Å²) in [5.41, 5.74) is 7.56. The SMILES string of the molecule is C=CCN(CCC)Cc1ncccc1N. The zero-order chi connectivity index (χ0) is 11.1. The molecule has 0 spiro atoms. The van der Waals surface area contributed by atoms with Crippen LogP contribution in [0.2, 0.25) is 0 Å². The van der Waals surface area contributed by atoms with Crippen LogP contribution in [0.4, 0.5) is 5.69 Å².